The van der Waals surface area contributed by atoms with Gasteiger partial charge in [0, 0.05) is 75.0 Å². The van der Waals surface area contributed by atoms with Crippen molar-refractivity contribution in [2.45, 2.75) is 62.3 Å². The summed E-state index contributed by atoms with van der Waals surface area (Å²) < 4.78 is 59.0. The molecule has 0 saturated carbocycles. The zero-order chi connectivity index (χ0) is 29.7. The van der Waals surface area contributed by atoms with E-state index in [-0.39, 0.29) is 0 Å². The number of hydrogen-bond acceptors (Lipinski definition) is 9. The van der Waals surface area contributed by atoms with Crippen molar-refractivity contribution in [1.29, 1.82) is 0 Å². The lowest BCUT2D eigenvalue weighted by Gasteiger charge is -2.39. The summed E-state index contributed by atoms with van der Waals surface area (Å²) in [5, 5.41) is 4.09. The van der Waals surface area contributed by atoms with E-state index in [2.05, 4.69) is 18.2 Å². The van der Waals surface area contributed by atoms with E-state index in [1.807, 2.05) is 74.4 Å². The zero-order valence-corrected chi connectivity index (χ0v) is 28.9. The van der Waals surface area contributed by atoms with Gasteiger partial charge in [-0.05, 0) is 79.2 Å². The Bertz CT molecular complexity index is 973. The van der Waals surface area contributed by atoms with E-state index in [9.17, 15) is 0 Å². The molecule has 0 N–H and O–H groups in total. The smallest absolute Gasteiger partial charge is 0.370 e. The third-order valence-electron chi connectivity index (χ3n) is 6.00. The lowest BCUT2D eigenvalue weighted by atomic mass is 10.1. The van der Waals surface area contributed by atoms with Crippen molar-refractivity contribution in [2.24, 2.45) is 0 Å². The second-order valence-electron chi connectivity index (χ2n) is 8.46. The highest BCUT2D eigenvalue weighted by atomic mass is 28.4. The highest BCUT2D eigenvalue weighted by Crippen LogP contribution is 2.24. The van der Waals surface area contributed by atoms with Gasteiger partial charge in [-0.3, -0.25) is 0 Å². The van der Waals surface area contributed by atoms with Gasteiger partial charge in [0.05, 0.1) is 0 Å². The topological polar surface area (TPSA) is 83.1 Å². The van der Waals surface area contributed by atoms with Gasteiger partial charge in [0.15, 0.2) is 0 Å². The van der Waals surface area contributed by atoms with E-state index in [0.717, 1.165) is 21.1 Å². The van der Waals surface area contributed by atoms with E-state index < -0.39 is 26.4 Å². The number of hydrogen-bond donors (Lipinski definition) is 0. The SMILES string of the molecule is CCO[Si](OCC)(OCC)c1cc2ccccc2c([Si](OCC)(OCC)OCC)c1[Si](OCC)(OCC)OCC. The minimum atomic E-state index is -3.68. The number of benzene rings is 2. The van der Waals surface area contributed by atoms with Gasteiger partial charge in [-0.1, -0.05) is 24.3 Å². The molecule has 2 aromatic rings. The van der Waals surface area contributed by atoms with Crippen LogP contribution in [-0.2, 0) is 39.8 Å². The summed E-state index contributed by atoms with van der Waals surface area (Å²) >= 11 is 0. The molecule has 2 rings (SSSR count). The van der Waals surface area contributed by atoms with Crippen LogP contribution in [0.25, 0.3) is 10.8 Å². The third kappa shape index (κ3) is 7.49. The van der Waals surface area contributed by atoms with Gasteiger partial charge in [0.1, 0.15) is 0 Å². The van der Waals surface area contributed by atoms with Crippen LogP contribution < -0.4 is 15.6 Å². The second-order valence-corrected chi connectivity index (χ2v) is 15.9. The first-order chi connectivity index (χ1) is 19.4. The molecule has 0 unspecified atom stereocenters. The van der Waals surface area contributed by atoms with E-state index >= 15 is 0 Å². The van der Waals surface area contributed by atoms with Crippen LogP contribution in [0.4, 0.5) is 0 Å². The lowest BCUT2D eigenvalue weighted by Crippen LogP contribution is -2.78. The fourth-order valence-electron chi connectivity index (χ4n) is 4.98. The van der Waals surface area contributed by atoms with Crippen molar-refractivity contribution in [1.82, 2.24) is 0 Å². The highest BCUT2D eigenvalue weighted by molar-refractivity contribution is 6.94. The summed E-state index contributed by atoms with van der Waals surface area (Å²) in [6.07, 6.45) is 0. The summed E-state index contributed by atoms with van der Waals surface area (Å²) in [6.45, 7) is 21.0. The van der Waals surface area contributed by atoms with E-state index in [1.165, 1.54) is 0 Å². The molecule has 0 radical (unpaired) electrons. The van der Waals surface area contributed by atoms with Crippen LogP contribution in [0.15, 0.2) is 30.3 Å². The van der Waals surface area contributed by atoms with E-state index in [4.69, 9.17) is 39.8 Å². The van der Waals surface area contributed by atoms with Gasteiger partial charge >= 0.3 is 26.4 Å². The van der Waals surface area contributed by atoms with Crippen LogP contribution in [0, 0.1) is 0 Å². The van der Waals surface area contributed by atoms with Crippen LogP contribution in [0.3, 0.4) is 0 Å². The third-order valence-corrected chi connectivity index (χ3v) is 15.8. The maximum absolute atomic E-state index is 6.59. The Balaban J connectivity index is 3.38. The quantitative estimate of drug-likeness (QED) is 0.196. The Labute approximate surface area is 244 Å². The van der Waals surface area contributed by atoms with Crippen molar-refractivity contribution >= 4 is 52.7 Å². The largest absolute Gasteiger partial charge is 0.537 e. The molecule has 0 heterocycles. The molecule has 0 amide bonds. The van der Waals surface area contributed by atoms with Crippen molar-refractivity contribution in [3.63, 3.8) is 0 Å². The van der Waals surface area contributed by atoms with E-state index in [1.54, 1.807) is 0 Å². The predicted molar refractivity (Wildman–Crippen MR) is 165 cm³/mol. The highest BCUT2D eigenvalue weighted by Gasteiger charge is 2.60. The Kier molecular flexibility index (Phi) is 15.1. The number of fused-ring (bicyclic) bond motifs is 1. The monoisotopic (exact) mass is 614 g/mol. The fraction of sp³-hybridized carbons (Fsp3) is 0.643. The molecular formula is C28H50O9Si3. The molecule has 0 aromatic heterocycles. The van der Waals surface area contributed by atoms with Gasteiger partial charge < -0.3 is 39.8 Å². The molecule has 40 heavy (non-hydrogen) atoms. The van der Waals surface area contributed by atoms with Gasteiger partial charge in [0.2, 0.25) is 0 Å². The van der Waals surface area contributed by atoms with Crippen LogP contribution in [-0.4, -0.2) is 85.9 Å². The normalized spacial score (nSPS) is 12.9. The van der Waals surface area contributed by atoms with Crippen molar-refractivity contribution in [3.8, 4) is 0 Å². The molecule has 12 heteroatoms. The maximum atomic E-state index is 6.59. The number of rotatable bonds is 21. The standard InChI is InChI=1S/C28H50O9Si3/c1-10-29-38(30-11-2,31-12-3)26-23-24-21-19-20-22-25(24)27(39(32-13-4,33-14-5)34-15-6)28(26)40(35-16-7,36-17-8)37-18-9/h19-23H,10-18H2,1-9H3. The fourth-order valence-corrected chi connectivity index (χ4v) is 15.0. The van der Waals surface area contributed by atoms with Gasteiger partial charge in [0.25, 0.3) is 0 Å². The summed E-state index contributed by atoms with van der Waals surface area (Å²) in [7, 11) is -10.8. The second kappa shape index (κ2) is 17.2. The van der Waals surface area contributed by atoms with E-state index in [0.29, 0.717) is 64.6 Å². The van der Waals surface area contributed by atoms with Crippen molar-refractivity contribution in [3.05, 3.63) is 30.3 Å². The summed E-state index contributed by atoms with van der Waals surface area (Å²) in [5.41, 5.74) is 0. The summed E-state index contributed by atoms with van der Waals surface area (Å²) in [6, 6.07) is 10.2. The predicted octanol–water partition coefficient (Wildman–Crippen LogP) is 3.61. The molecular weight excluding hydrogens is 565 g/mol. The Morgan fingerprint density at radius 3 is 1.12 bits per heavy atom. The summed E-state index contributed by atoms with van der Waals surface area (Å²) in [4.78, 5) is 0. The molecule has 228 valence electrons. The maximum Gasteiger partial charge on any atom is 0.537 e. The molecule has 0 aliphatic rings. The molecule has 9 nitrogen and oxygen atoms in total. The molecule has 0 bridgehead atoms. The Morgan fingerprint density at radius 1 is 0.425 bits per heavy atom. The molecule has 0 aliphatic carbocycles. The summed E-state index contributed by atoms with van der Waals surface area (Å²) in [5.74, 6) is 0. The lowest BCUT2D eigenvalue weighted by molar-refractivity contribution is 0.0785. The molecule has 0 spiro atoms. The average Bonchev–Trinajstić information content (AvgIpc) is 2.93. The van der Waals surface area contributed by atoms with Gasteiger partial charge in [-0.25, -0.2) is 0 Å². The van der Waals surface area contributed by atoms with Crippen molar-refractivity contribution in [2.75, 3.05) is 59.5 Å². The van der Waals surface area contributed by atoms with Gasteiger partial charge in [-0.2, -0.15) is 0 Å². The molecule has 0 fully saturated rings. The Morgan fingerprint density at radius 2 is 0.750 bits per heavy atom. The van der Waals surface area contributed by atoms with Crippen molar-refractivity contribution < 1.29 is 39.8 Å². The molecule has 0 saturated heterocycles. The van der Waals surface area contributed by atoms with Crippen LogP contribution in [0.5, 0.6) is 0 Å². The molecule has 0 atom stereocenters. The minimum absolute atomic E-state index is 0.372. The Hall–Kier alpha value is -1.01. The first-order valence-corrected chi connectivity index (χ1v) is 19.9. The van der Waals surface area contributed by atoms with Gasteiger partial charge in [-0.15, -0.1) is 0 Å². The molecule has 0 aliphatic heterocycles. The first kappa shape index (κ1) is 35.2. The first-order valence-electron chi connectivity index (χ1n) is 14.7. The molecule has 2 aromatic carbocycles. The minimum Gasteiger partial charge on any atom is -0.370 e. The van der Waals surface area contributed by atoms with Crippen LogP contribution in [0.2, 0.25) is 0 Å². The van der Waals surface area contributed by atoms with Crippen LogP contribution >= 0.6 is 0 Å². The average molecular weight is 615 g/mol. The van der Waals surface area contributed by atoms with Crippen LogP contribution in [0.1, 0.15) is 62.3 Å². The zero-order valence-electron chi connectivity index (χ0n) is 25.9.